The van der Waals surface area contributed by atoms with Gasteiger partial charge in [-0.05, 0) is 29.5 Å². The lowest BCUT2D eigenvalue weighted by Gasteiger charge is -2.28. The first-order valence-electron chi connectivity index (χ1n) is 7.75. The van der Waals surface area contributed by atoms with Crippen LogP contribution in [-0.2, 0) is 0 Å². The summed E-state index contributed by atoms with van der Waals surface area (Å²) in [5.41, 5.74) is 0.886. The van der Waals surface area contributed by atoms with Crippen molar-refractivity contribution < 1.29 is 14.6 Å². The standard InChI is InChI=1S/C17H27NO3/c1-12(2)8-18(9-13(3)4)10-15(19)14-5-6-16-17(7-14)21-11-20-16/h5-7,12-13,15,19H,8-11H2,1-4H3. The largest absolute Gasteiger partial charge is 0.454 e. The topological polar surface area (TPSA) is 41.9 Å². The third-order valence-corrected chi connectivity index (χ3v) is 3.46. The van der Waals surface area contributed by atoms with E-state index in [4.69, 9.17) is 9.47 Å². The fourth-order valence-electron chi connectivity index (χ4n) is 2.73. The minimum absolute atomic E-state index is 0.266. The molecule has 0 aliphatic carbocycles. The van der Waals surface area contributed by atoms with Crippen LogP contribution in [0, 0.1) is 11.8 Å². The Kier molecular flexibility index (Phi) is 5.48. The lowest BCUT2D eigenvalue weighted by atomic mass is 10.1. The Morgan fingerprint density at radius 3 is 2.24 bits per heavy atom. The van der Waals surface area contributed by atoms with Gasteiger partial charge in [-0.2, -0.15) is 0 Å². The molecule has 1 aliphatic rings. The summed E-state index contributed by atoms with van der Waals surface area (Å²) < 4.78 is 10.7. The molecule has 0 amide bonds. The SMILES string of the molecule is CC(C)CN(CC(C)C)CC(O)c1ccc2c(c1)OCO2. The van der Waals surface area contributed by atoms with Crippen LogP contribution in [0.3, 0.4) is 0 Å². The van der Waals surface area contributed by atoms with Crippen molar-refractivity contribution in [2.45, 2.75) is 33.8 Å². The molecule has 2 rings (SSSR count). The first-order chi connectivity index (χ1) is 9.95. The van der Waals surface area contributed by atoms with E-state index in [9.17, 15) is 5.11 Å². The fraction of sp³-hybridized carbons (Fsp3) is 0.647. The summed E-state index contributed by atoms with van der Waals surface area (Å²) in [6.07, 6.45) is -0.503. The highest BCUT2D eigenvalue weighted by atomic mass is 16.7. The van der Waals surface area contributed by atoms with Crippen LogP contribution < -0.4 is 9.47 Å². The Morgan fingerprint density at radius 2 is 1.62 bits per heavy atom. The van der Waals surface area contributed by atoms with Crippen molar-refractivity contribution in [3.8, 4) is 11.5 Å². The van der Waals surface area contributed by atoms with E-state index < -0.39 is 6.10 Å². The maximum Gasteiger partial charge on any atom is 0.231 e. The van der Waals surface area contributed by atoms with Crippen LogP contribution in [0.4, 0.5) is 0 Å². The Balaban J connectivity index is 2.02. The number of hydrogen-bond donors (Lipinski definition) is 1. The summed E-state index contributed by atoms with van der Waals surface area (Å²) in [7, 11) is 0. The predicted octanol–water partition coefficient (Wildman–Crippen LogP) is 3.06. The van der Waals surface area contributed by atoms with Gasteiger partial charge in [0, 0.05) is 19.6 Å². The van der Waals surface area contributed by atoms with Crippen LogP contribution in [0.5, 0.6) is 11.5 Å². The average molecular weight is 293 g/mol. The molecule has 0 bridgehead atoms. The van der Waals surface area contributed by atoms with Gasteiger partial charge in [0.05, 0.1) is 6.10 Å². The number of fused-ring (bicyclic) bond motifs is 1. The Labute approximate surface area is 127 Å². The molecular formula is C17H27NO3. The zero-order chi connectivity index (χ0) is 15.4. The highest BCUT2D eigenvalue weighted by Crippen LogP contribution is 2.34. The van der Waals surface area contributed by atoms with Crippen LogP contribution in [0.15, 0.2) is 18.2 Å². The maximum atomic E-state index is 10.5. The molecule has 1 heterocycles. The summed E-state index contributed by atoms with van der Waals surface area (Å²) in [6.45, 7) is 11.7. The summed E-state index contributed by atoms with van der Waals surface area (Å²) in [5, 5.41) is 10.5. The van der Waals surface area contributed by atoms with Crippen LogP contribution in [-0.4, -0.2) is 36.4 Å². The van der Waals surface area contributed by atoms with Gasteiger partial charge in [-0.3, -0.25) is 4.90 Å². The molecule has 0 fully saturated rings. The lowest BCUT2D eigenvalue weighted by molar-refractivity contribution is 0.0985. The highest BCUT2D eigenvalue weighted by Gasteiger charge is 2.19. The zero-order valence-electron chi connectivity index (χ0n) is 13.5. The normalized spacial score (nSPS) is 15.2. The van der Waals surface area contributed by atoms with Gasteiger partial charge < -0.3 is 14.6 Å². The van der Waals surface area contributed by atoms with Gasteiger partial charge in [-0.25, -0.2) is 0 Å². The van der Waals surface area contributed by atoms with E-state index in [2.05, 4.69) is 32.6 Å². The molecule has 0 aromatic heterocycles. The van der Waals surface area contributed by atoms with Crippen molar-refractivity contribution in [1.82, 2.24) is 4.90 Å². The van der Waals surface area contributed by atoms with Crippen molar-refractivity contribution in [1.29, 1.82) is 0 Å². The zero-order valence-corrected chi connectivity index (χ0v) is 13.5. The molecule has 1 aromatic rings. The second-order valence-electron chi connectivity index (χ2n) is 6.63. The molecule has 1 N–H and O–H groups in total. The lowest BCUT2D eigenvalue weighted by Crippen LogP contribution is -2.35. The number of nitrogens with zero attached hydrogens (tertiary/aromatic N) is 1. The molecule has 0 saturated heterocycles. The molecule has 1 aromatic carbocycles. The molecule has 0 saturated carbocycles. The predicted molar refractivity (Wildman–Crippen MR) is 83.6 cm³/mol. The molecule has 1 unspecified atom stereocenters. The first kappa shape index (κ1) is 16.1. The minimum Gasteiger partial charge on any atom is -0.454 e. The number of ether oxygens (including phenoxy) is 2. The number of benzene rings is 1. The van der Waals surface area contributed by atoms with Crippen molar-refractivity contribution in [2.24, 2.45) is 11.8 Å². The van der Waals surface area contributed by atoms with Gasteiger partial charge in [-0.1, -0.05) is 33.8 Å². The smallest absolute Gasteiger partial charge is 0.231 e. The van der Waals surface area contributed by atoms with Gasteiger partial charge in [-0.15, -0.1) is 0 Å². The van der Waals surface area contributed by atoms with Gasteiger partial charge in [0.15, 0.2) is 11.5 Å². The second kappa shape index (κ2) is 7.14. The third-order valence-electron chi connectivity index (χ3n) is 3.46. The molecular weight excluding hydrogens is 266 g/mol. The number of aliphatic hydroxyl groups excluding tert-OH is 1. The van der Waals surface area contributed by atoms with Gasteiger partial charge >= 0.3 is 0 Å². The fourth-order valence-corrected chi connectivity index (χ4v) is 2.73. The van der Waals surface area contributed by atoms with E-state index in [0.29, 0.717) is 18.4 Å². The molecule has 4 nitrogen and oxygen atoms in total. The Bertz CT molecular complexity index is 449. The molecule has 4 heteroatoms. The molecule has 21 heavy (non-hydrogen) atoms. The molecule has 0 spiro atoms. The summed E-state index contributed by atoms with van der Waals surface area (Å²) in [5.74, 6) is 2.67. The van der Waals surface area contributed by atoms with E-state index in [1.807, 2.05) is 18.2 Å². The van der Waals surface area contributed by atoms with E-state index in [0.717, 1.165) is 30.2 Å². The van der Waals surface area contributed by atoms with E-state index in [1.165, 1.54) is 0 Å². The minimum atomic E-state index is -0.503. The number of aliphatic hydroxyl groups is 1. The van der Waals surface area contributed by atoms with E-state index in [-0.39, 0.29) is 6.79 Å². The quantitative estimate of drug-likeness (QED) is 0.839. The van der Waals surface area contributed by atoms with Crippen LogP contribution in [0.2, 0.25) is 0 Å². The molecule has 1 aliphatic heterocycles. The summed E-state index contributed by atoms with van der Waals surface area (Å²) >= 11 is 0. The molecule has 0 radical (unpaired) electrons. The Morgan fingerprint density at radius 1 is 1.00 bits per heavy atom. The summed E-state index contributed by atoms with van der Waals surface area (Å²) in [4.78, 5) is 2.34. The van der Waals surface area contributed by atoms with Crippen molar-refractivity contribution in [2.75, 3.05) is 26.4 Å². The highest BCUT2D eigenvalue weighted by molar-refractivity contribution is 5.45. The van der Waals surface area contributed by atoms with Gasteiger partial charge in [0.1, 0.15) is 0 Å². The monoisotopic (exact) mass is 293 g/mol. The van der Waals surface area contributed by atoms with Gasteiger partial charge in [0.25, 0.3) is 0 Å². The van der Waals surface area contributed by atoms with E-state index in [1.54, 1.807) is 0 Å². The second-order valence-corrected chi connectivity index (χ2v) is 6.63. The average Bonchev–Trinajstić information content (AvgIpc) is 2.83. The van der Waals surface area contributed by atoms with Crippen LogP contribution in [0.1, 0.15) is 39.4 Å². The first-order valence-corrected chi connectivity index (χ1v) is 7.75. The number of rotatable bonds is 7. The van der Waals surface area contributed by atoms with Crippen LogP contribution in [0.25, 0.3) is 0 Å². The molecule has 1 atom stereocenters. The third kappa shape index (κ3) is 4.61. The van der Waals surface area contributed by atoms with E-state index >= 15 is 0 Å². The number of hydrogen-bond acceptors (Lipinski definition) is 4. The maximum absolute atomic E-state index is 10.5. The van der Waals surface area contributed by atoms with Crippen molar-refractivity contribution >= 4 is 0 Å². The molecule has 118 valence electrons. The van der Waals surface area contributed by atoms with Gasteiger partial charge in [0.2, 0.25) is 6.79 Å². The van der Waals surface area contributed by atoms with Crippen molar-refractivity contribution in [3.63, 3.8) is 0 Å². The van der Waals surface area contributed by atoms with Crippen molar-refractivity contribution in [3.05, 3.63) is 23.8 Å². The van der Waals surface area contributed by atoms with Crippen LogP contribution >= 0.6 is 0 Å². The summed E-state index contributed by atoms with van der Waals surface area (Å²) in [6, 6.07) is 5.67. The Hall–Kier alpha value is -1.26.